The van der Waals surface area contributed by atoms with Crippen molar-refractivity contribution in [3.8, 4) is 55.6 Å². The van der Waals surface area contributed by atoms with Gasteiger partial charge >= 0.3 is 0 Å². The smallest absolute Gasteiger partial charge is 0.138 e. The second kappa shape index (κ2) is 10.7. The lowest BCUT2D eigenvalue weighted by molar-refractivity contribution is 0.794. The Bertz CT molecular complexity index is 3090. The molecule has 53 heavy (non-hydrogen) atoms. The molecule has 0 saturated carbocycles. The molecule has 4 heterocycles. The zero-order valence-corrected chi connectivity index (χ0v) is 29.3. The molecule has 4 aromatic heterocycles. The minimum absolute atomic E-state index is 0.434. The van der Waals surface area contributed by atoms with Crippen LogP contribution in [-0.4, -0.2) is 14.4 Å². The van der Waals surface area contributed by atoms with Gasteiger partial charge in [0.15, 0.2) is 0 Å². The number of hydrogen-bond acceptors (Lipinski definition) is 3. The summed E-state index contributed by atoms with van der Waals surface area (Å²) in [6, 6.07) is 58.3. The molecule has 0 amide bonds. The molecule has 6 aromatic carbocycles. The maximum Gasteiger partial charge on any atom is 0.138 e. The van der Waals surface area contributed by atoms with E-state index in [1.165, 1.54) is 92.8 Å². The maximum absolute atomic E-state index is 5.01. The van der Waals surface area contributed by atoms with Crippen molar-refractivity contribution in [2.45, 2.75) is 5.41 Å². The van der Waals surface area contributed by atoms with Crippen LogP contribution < -0.4 is 0 Å². The van der Waals surface area contributed by atoms with Gasteiger partial charge in [-0.1, -0.05) is 109 Å². The summed E-state index contributed by atoms with van der Waals surface area (Å²) in [5.74, 6) is 0. The van der Waals surface area contributed by atoms with Gasteiger partial charge in [-0.3, -0.25) is 9.38 Å². The van der Waals surface area contributed by atoms with Crippen molar-refractivity contribution in [3.05, 3.63) is 199 Å². The molecule has 246 valence electrons. The number of aromatic nitrogens is 3. The molecule has 2 aliphatic rings. The quantitative estimate of drug-likeness (QED) is 0.185. The predicted octanol–water partition coefficient (Wildman–Crippen LogP) is 12.4. The van der Waals surface area contributed by atoms with Crippen LogP contribution in [0.5, 0.6) is 0 Å². The first-order valence-corrected chi connectivity index (χ1v) is 18.9. The number of pyridine rings is 2. The molecular formula is C49H29N3S. The molecule has 12 rings (SSSR count). The van der Waals surface area contributed by atoms with Crippen molar-refractivity contribution in [2.75, 3.05) is 0 Å². The fourth-order valence-corrected chi connectivity index (χ4v) is 10.4. The molecule has 2 aliphatic carbocycles. The third-order valence-corrected chi connectivity index (χ3v) is 12.7. The monoisotopic (exact) mass is 691 g/mol. The van der Waals surface area contributed by atoms with E-state index in [1.807, 2.05) is 12.4 Å². The molecule has 0 saturated heterocycles. The summed E-state index contributed by atoms with van der Waals surface area (Å²) in [6.07, 6.45) is 6.01. The standard InChI is InChI=1S/C49H29N3S/c1-4-13-41-36(10-1)37-11-2-5-14-42(37)49(41)43-27-33(30-22-24-50-25-23-30)16-19-38(43)39-20-17-34(28-44(39)49)31-8-7-9-32(26-31)35-18-21-46-51-47-40-12-3-6-15-45(40)53-48(47)52(46)29-35/h1-29H. The number of rotatable bonds is 3. The number of hydrogen-bond donors (Lipinski definition) is 0. The minimum atomic E-state index is -0.434. The van der Waals surface area contributed by atoms with Gasteiger partial charge in [-0.15, -0.1) is 11.3 Å². The highest BCUT2D eigenvalue weighted by Gasteiger charge is 2.51. The van der Waals surface area contributed by atoms with Gasteiger partial charge in [-0.2, -0.15) is 0 Å². The van der Waals surface area contributed by atoms with Gasteiger partial charge in [0.1, 0.15) is 16.0 Å². The van der Waals surface area contributed by atoms with Crippen molar-refractivity contribution < 1.29 is 0 Å². The summed E-state index contributed by atoms with van der Waals surface area (Å²) in [6.45, 7) is 0. The van der Waals surface area contributed by atoms with Crippen molar-refractivity contribution in [1.82, 2.24) is 14.4 Å². The van der Waals surface area contributed by atoms with E-state index in [1.54, 1.807) is 11.3 Å². The molecular weight excluding hydrogens is 663 g/mol. The summed E-state index contributed by atoms with van der Waals surface area (Å²) in [5.41, 5.74) is 19.4. The number of nitrogens with zero attached hydrogens (tertiary/aromatic N) is 3. The first-order chi connectivity index (χ1) is 26.3. The SMILES string of the molecule is c1cc(-c2ccc3c(c2)C2(c4ccccc4-c4ccccc42)c2cc(-c4ccncc4)ccc2-3)cc(-c2ccc3nc4c5ccccc5sc4n3c2)c1. The van der Waals surface area contributed by atoms with Crippen molar-refractivity contribution in [2.24, 2.45) is 0 Å². The molecule has 0 radical (unpaired) electrons. The van der Waals surface area contributed by atoms with Gasteiger partial charge in [0.05, 0.1) is 5.41 Å². The Morgan fingerprint density at radius 3 is 1.77 bits per heavy atom. The van der Waals surface area contributed by atoms with Gasteiger partial charge < -0.3 is 0 Å². The second-order valence-electron chi connectivity index (χ2n) is 14.2. The number of fused-ring (bicyclic) bond motifs is 15. The van der Waals surface area contributed by atoms with Gasteiger partial charge in [0.2, 0.25) is 0 Å². The lowest BCUT2D eigenvalue weighted by Gasteiger charge is -2.31. The first-order valence-electron chi connectivity index (χ1n) is 18.1. The van der Waals surface area contributed by atoms with Crippen LogP contribution in [0.15, 0.2) is 176 Å². The van der Waals surface area contributed by atoms with Gasteiger partial charge in [-0.05, 0) is 126 Å². The molecule has 0 N–H and O–H groups in total. The van der Waals surface area contributed by atoms with E-state index >= 15 is 0 Å². The Morgan fingerprint density at radius 2 is 1.04 bits per heavy atom. The molecule has 0 atom stereocenters. The van der Waals surface area contributed by atoms with Crippen LogP contribution in [0, 0.1) is 0 Å². The highest BCUT2D eigenvalue weighted by Crippen LogP contribution is 2.63. The molecule has 3 nitrogen and oxygen atoms in total. The van der Waals surface area contributed by atoms with Gasteiger partial charge in [0.25, 0.3) is 0 Å². The Morgan fingerprint density at radius 1 is 0.453 bits per heavy atom. The van der Waals surface area contributed by atoms with E-state index in [-0.39, 0.29) is 0 Å². The van der Waals surface area contributed by atoms with Crippen LogP contribution in [0.4, 0.5) is 0 Å². The fourth-order valence-electron chi connectivity index (χ4n) is 9.24. The Hall–Kier alpha value is -6.62. The Kier molecular flexibility index (Phi) is 5.86. The number of thiophene rings is 1. The van der Waals surface area contributed by atoms with Crippen LogP contribution in [0.25, 0.3) is 81.7 Å². The molecule has 4 heteroatoms. The van der Waals surface area contributed by atoms with E-state index in [4.69, 9.17) is 4.98 Å². The molecule has 0 fully saturated rings. The molecule has 10 aromatic rings. The van der Waals surface area contributed by atoms with E-state index in [9.17, 15) is 0 Å². The van der Waals surface area contributed by atoms with E-state index < -0.39 is 5.41 Å². The van der Waals surface area contributed by atoms with Crippen LogP contribution in [-0.2, 0) is 5.41 Å². The van der Waals surface area contributed by atoms with Gasteiger partial charge in [-0.25, -0.2) is 4.98 Å². The van der Waals surface area contributed by atoms with Crippen LogP contribution in [0.3, 0.4) is 0 Å². The number of benzene rings is 6. The average Bonchev–Trinajstić information content (AvgIpc) is 3.94. The Balaban J connectivity index is 1.05. The van der Waals surface area contributed by atoms with Crippen molar-refractivity contribution >= 4 is 37.4 Å². The first kappa shape index (κ1) is 29.0. The third kappa shape index (κ3) is 3.93. The summed E-state index contributed by atoms with van der Waals surface area (Å²) in [7, 11) is 0. The van der Waals surface area contributed by atoms with E-state index in [0.29, 0.717) is 0 Å². The predicted molar refractivity (Wildman–Crippen MR) is 218 cm³/mol. The highest BCUT2D eigenvalue weighted by molar-refractivity contribution is 7.25. The minimum Gasteiger partial charge on any atom is -0.290 e. The molecule has 0 unspecified atom stereocenters. The summed E-state index contributed by atoms with van der Waals surface area (Å²) in [4.78, 5) is 10.5. The summed E-state index contributed by atoms with van der Waals surface area (Å²) >= 11 is 1.80. The number of imidazole rings is 1. The topological polar surface area (TPSA) is 30.2 Å². The molecule has 0 aliphatic heterocycles. The largest absolute Gasteiger partial charge is 0.290 e. The van der Waals surface area contributed by atoms with Crippen LogP contribution in [0.2, 0.25) is 0 Å². The second-order valence-corrected chi connectivity index (χ2v) is 15.2. The third-order valence-electron chi connectivity index (χ3n) is 11.6. The average molecular weight is 692 g/mol. The van der Waals surface area contributed by atoms with Crippen molar-refractivity contribution in [1.29, 1.82) is 0 Å². The lowest BCUT2D eigenvalue weighted by Crippen LogP contribution is -2.26. The maximum atomic E-state index is 5.01. The molecule has 0 bridgehead atoms. The van der Waals surface area contributed by atoms with Crippen LogP contribution in [0.1, 0.15) is 22.3 Å². The summed E-state index contributed by atoms with van der Waals surface area (Å²) in [5, 5.41) is 1.22. The van der Waals surface area contributed by atoms with Crippen LogP contribution >= 0.6 is 11.3 Å². The van der Waals surface area contributed by atoms with E-state index in [2.05, 4.69) is 173 Å². The summed E-state index contributed by atoms with van der Waals surface area (Å²) < 4.78 is 3.53. The molecule has 1 spiro atoms. The van der Waals surface area contributed by atoms with E-state index in [0.717, 1.165) is 11.2 Å². The Labute approximate surface area is 310 Å². The normalized spacial score (nSPS) is 13.4. The zero-order valence-electron chi connectivity index (χ0n) is 28.5. The highest BCUT2D eigenvalue weighted by atomic mass is 32.1. The van der Waals surface area contributed by atoms with Gasteiger partial charge in [0, 0.05) is 28.7 Å². The lowest BCUT2D eigenvalue weighted by atomic mass is 9.70. The zero-order chi connectivity index (χ0) is 34.7. The van der Waals surface area contributed by atoms with Crippen molar-refractivity contribution in [3.63, 3.8) is 0 Å². The fraction of sp³-hybridized carbons (Fsp3) is 0.0204.